The number of carbonyl (C=O) groups excluding carboxylic acids is 1. The number of esters is 1. The number of carbonyl (C=O) groups is 1. The summed E-state index contributed by atoms with van der Waals surface area (Å²) in [5.74, 6) is -1.01. The van der Waals surface area contributed by atoms with Crippen LogP contribution in [0.3, 0.4) is 0 Å². The lowest BCUT2D eigenvalue weighted by Gasteiger charge is -2.18. The van der Waals surface area contributed by atoms with Gasteiger partial charge in [-0.3, -0.25) is 4.21 Å². The highest BCUT2D eigenvalue weighted by Gasteiger charge is 2.32. The van der Waals surface area contributed by atoms with Crippen LogP contribution in [-0.2, 0) is 26.1 Å². The van der Waals surface area contributed by atoms with Crippen molar-refractivity contribution in [1.82, 2.24) is 0 Å². The van der Waals surface area contributed by atoms with E-state index >= 15 is 0 Å². The van der Waals surface area contributed by atoms with E-state index in [1.54, 1.807) is 49.6 Å². The Morgan fingerprint density at radius 1 is 1.03 bits per heavy atom. The topological polar surface area (TPSA) is 101 Å². The zero-order chi connectivity index (χ0) is 23.0. The fraction of sp³-hybridized carbons (Fsp3) is 0.318. The summed E-state index contributed by atoms with van der Waals surface area (Å²) in [5.41, 5.74) is 1.31. The second-order valence-corrected chi connectivity index (χ2v) is 7.82. The summed E-state index contributed by atoms with van der Waals surface area (Å²) >= 11 is 0. The molecule has 168 valence electrons. The third-order valence-electron chi connectivity index (χ3n) is 4.33. The molecule has 2 unspecified atom stereocenters. The number of rotatable bonds is 10. The maximum Gasteiger partial charge on any atom is 0.371 e. The van der Waals surface area contributed by atoms with Gasteiger partial charge in [0.25, 0.3) is 5.79 Å². The fourth-order valence-corrected chi connectivity index (χ4v) is 3.43. The van der Waals surface area contributed by atoms with Crippen LogP contribution >= 0.6 is 0 Å². The van der Waals surface area contributed by atoms with Gasteiger partial charge in [0.2, 0.25) is 0 Å². The molecule has 0 amide bonds. The van der Waals surface area contributed by atoms with Crippen molar-refractivity contribution >= 4 is 22.8 Å². The van der Waals surface area contributed by atoms with Gasteiger partial charge in [0, 0.05) is 31.6 Å². The Morgan fingerprint density at radius 3 is 2.23 bits per heavy atom. The molecule has 0 aliphatic rings. The van der Waals surface area contributed by atoms with Gasteiger partial charge in [-0.05, 0) is 23.8 Å². The molecule has 2 aromatic carbocycles. The molecule has 9 heteroatoms. The summed E-state index contributed by atoms with van der Waals surface area (Å²) in [5, 5.41) is 11.3. The molecule has 2 aromatic rings. The molecular weight excluding hydrogens is 424 g/mol. The normalized spacial score (nSPS) is 14.0. The highest BCUT2D eigenvalue weighted by atomic mass is 32.2. The zero-order valence-corrected chi connectivity index (χ0v) is 18.9. The minimum atomic E-state index is -2.06. The third-order valence-corrected chi connectivity index (χ3v) is 5.39. The first-order valence-corrected chi connectivity index (χ1v) is 10.6. The molecule has 0 aromatic heterocycles. The van der Waals surface area contributed by atoms with Crippen LogP contribution in [0.15, 0.2) is 41.8 Å². The molecule has 2 atom stereocenters. The van der Waals surface area contributed by atoms with Gasteiger partial charge < -0.3 is 28.8 Å². The molecule has 0 fully saturated rings. The van der Waals surface area contributed by atoms with Gasteiger partial charge in [-0.1, -0.05) is 12.1 Å². The van der Waals surface area contributed by atoms with E-state index in [1.165, 1.54) is 33.7 Å². The number of methoxy groups -OCH3 is 4. The predicted octanol–water partition coefficient (Wildman–Crippen LogP) is 2.89. The van der Waals surface area contributed by atoms with Crippen LogP contribution in [-0.4, -0.2) is 49.5 Å². The first kappa shape index (κ1) is 24.4. The van der Waals surface area contributed by atoms with Gasteiger partial charge in [0.15, 0.2) is 0 Å². The second-order valence-electron chi connectivity index (χ2n) is 6.50. The van der Waals surface area contributed by atoms with E-state index in [2.05, 4.69) is 4.74 Å². The van der Waals surface area contributed by atoms with E-state index in [9.17, 15) is 14.1 Å². The monoisotopic (exact) mass is 450 g/mol. The SMILES string of the molecule is COc1cc(OC)c(C=CS(=O)Cc2cccc(OC(=O)C(C)(O)OC)c2)c(OC)c1. The van der Waals surface area contributed by atoms with Crippen molar-refractivity contribution in [3.05, 3.63) is 52.9 Å². The van der Waals surface area contributed by atoms with E-state index < -0.39 is 22.6 Å². The Hall–Kier alpha value is -2.88. The van der Waals surface area contributed by atoms with Gasteiger partial charge in [0.05, 0.1) is 43.4 Å². The molecule has 0 bridgehead atoms. The Kier molecular flexibility index (Phi) is 8.61. The maximum atomic E-state index is 12.6. The summed E-state index contributed by atoms with van der Waals surface area (Å²) in [6, 6.07) is 9.96. The number of hydrogen-bond acceptors (Lipinski definition) is 8. The van der Waals surface area contributed by atoms with Crippen LogP contribution in [0.5, 0.6) is 23.0 Å². The highest BCUT2D eigenvalue weighted by Crippen LogP contribution is 2.35. The van der Waals surface area contributed by atoms with Gasteiger partial charge in [-0.2, -0.15) is 0 Å². The highest BCUT2D eigenvalue weighted by molar-refractivity contribution is 7.87. The van der Waals surface area contributed by atoms with Crippen molar-refractivity contribution in [1.29, 1.82) is 0 Å². The minimum Gasteiger partial charge on any atom is -0.496 e. The van der Waals surface area contributed by atoms with Gasteiger partial charge in [-0.25, -0.2) is 4.79 Å². The van der Waals surface area contributed by atoms with Crippen LogP contribution in [0.2, 0.25) is 0 Å². The molecule has 0 aliphatic heterocycles. The lowest BCUT2D eigenvalue weighted by Crippen LogP contribution is -2.40. The van der Waals surface area contributed by atoms with E-state index in [4.69, 9.17) is 18.9 Å². The molecule has 0 heterocycles. The Labute approximate surface area is 183 Å². The summed E-state index contributed by atoms with van der Waals surface area (Å²) in [6.07, 6.45) is 1.66. The zero-order valence-electron chi connectivity index (χ0n) is 18.0. The van der Waals surface area contributed by atoms with Crippen LogP contribution in [0, 0.1) is 0 Å². The minimum absolute atomic E-state index is 0.184. The van der Waals surface area contributed by atoms with E-state index in [-0.39, 0.29) is 11.5 Å². The van der Waals surface area contributed by atoms with Crippen LogP contribution < -0.4 is 18.9 Å². The fourth-order valence-electron chi connectivity index (χ4n) is 2.54. The second kappa shape index (κ2) is 10.9. The predicted molar refractivity (Wildman–Crippen MR) is 117 cm³/mol. The Bertz CT molecular complexity index is 943. The molecule has 0 saturated heterocycles. The summed E-state index contributed by atoms with van der Waals surface area (Å²) in [6.45, 7) is 1.18. The summed E-state index contributed by atoms with van der Waals surface area (Å²) in [7, 11) is 4.41. The lowest BCUT2D eigenvalue weighted by atomic mass is 10.1. The average Bonchev–Trinajstić information content (AvgIpc) is 2.77. The smallest absolute Gasteiger partial charge is 0.371 e. The summed E-state index contributed by atoms with van der Waals surface area (Å²) in [4.78, 5) is 11.9. The van der Waals surface area contributed by atoms with Crippen LogP contribution in [0.1, 0.15) is 18.1 Å². The van der Waals surface area contributed by atoms with Crippen molar-refractivity contribution in [2.75, 3.05) is 28.4 Å². The van der Waals surface area contributed by atoms with Crippen molar-refractivity contribution < 1.29 is 37.8 Å². The van der Waals surface area contributed by atoms with Crippen molar-refractivity contribution in [2.24, 2.45) is 0 Å². The molecular formula is C22H26O8S. The Morgan fingerprint density at radius 2 is 1.68 bits per heavy atom. The van der Waals surface area contributed by atoms with E-state index in [1.807, 2.05) is 0 Å². The molecule has 8 nitrogen and oxygen atoms in total. The van der Waals surface area contributed by atoms with Crippen molar-refractivity contribution in [2.45, 2.75) is 18.5 Å². The Balaban J connectivity index is 2.15. The quantitative estimate of drug-likeness (QED) is 0.335. The first-order chi connectivity index (χ1) is 14.7. The van der Waals surface area contributed by atoms with E-state index in [0.717, 1.165) is 0 Å². The molecule has 0 spiro atoms. The van der Waals surface area contributed by atoms with Crippen molar-refractivity contribution in [3.8, 4) is 23.0 Å². The van der Waals surface area contributed by atoms with Crippen molar-refractivity contribution in [3.63, 3.8) is 0 Å². The number of ether oxygens (including phenoxy) is 5. The van der Waals surface area contributed by atoms with Gasteiger partial charge in [-0.15, -0.1) is 0 Å². The van der Waals surface area contributed by atoms with Gasteiger partial charge in [0.1, 0.15) is 23.0 Å². The average molecular weight is 451 g/mol. The maximum absolute atomic E-state index is 12.6. The third kappa shape index (κ3) is 6.55. The van der Waals surface area contributed by atoms with Crippen LogP contribution in [0.25, 0.3) is 6.08 Å². The van der Waals surface area contributed by atoms with E-state index in [0.29, 0.717) is 28.4 Å². The molecule has 0 saturated carbocycles. The van der Waals surface area contributed by atoms with Gasteiger partial charge >= 0.3 is 5.97 Å². The largest absolute Gasteiger partial charge is 0.496 e. The standard InChI is InChI=1S/C22H26O8S/c1-22(24,29-5)21(23)30-16-8-6-7-15(11-16)14-31(25)10-9-18-19(27-3)12-17(26-2)13-20(18)28-4/h6-13,24H,14H2,1-5H3. The molecule has 0 radical (unpaired) electrons. The molecule has 1 N–H and O–H groups in total. The molecule has 2 rings (SSSR count). The van der Waals surface area contributed by atoms with Crippen LogP contribution in [0.4, 0.5) is 0 Å². The number of benzene rings is 2. The molecule has 31 heavy (non-hydrogen) atoms. The number of hydrogen-bond donors (Lipinski definition) is 1. The first-order valence-electron chi connectivity index (χ1n) is 9.18. The summed E-state index contributed by atoms with van der Waals surface area (Å²) < 4.78 is 38.4. The number of aliphatic hydroxyl groups is 1. The molecule has 0 aliphatic carbocycles. The lowest BCUT2D eigenvalue weighted by molar-refractivity contribution is -0.203.